The van der Waals surface area contributed by atoms with Crippen molar-refractivity contribution in [2.24, 2.45) is 5.92 Å². The predicted molar refractivity (Wildman–Crippen MR) is 75.7 cm³/mol. The molecule has 0 amide bonds. The second-order valence-corrected chi connectivity index (χ2v) is 9.73. The minimum Gasteiger partial charge on any atom is -0.481 e. The van der Waals surface area contributed by atoms with E-state index in [0.29, 0.717) is 12.8 Å². The van der Waals surface area contributed by atoms with Crippen molar-refractivity contribution in [3.8, 4) is 0 Å². The molecule has 0 spiro atoms. The summed E-state index contributed by atoms with van der Waals surface area (Å²) in [5.41, 5.74) is 0. The van der Waals surface area contributed by atoms with Crippen molar-refractivity contribution in [3.63, 3.8) is 0 Å². The lowest BCUT2D eigenvalue weighted by Crippen LogP contribution is -2.56. The van der Waals surface area contributed by atoms with Gasteiger partial charge in [-0.2, -0.15) is 17.0 Å². The molecule has 2 fully saturated rings. The van der Waals surface area contributed by atoms with E-state index in [2.05, 4.69) is 0 Å². The van der Waals surface area contributed by atoms with Gasteiger partial charge >= 0.3 is 5.97 Å². The van der Waals surface area contributed by atoms with Gasteiger partial charge < -0.3 is 5.11 Å². The van der Waals surface area contributed by atoms with Crippen LogP contribution in [0.1, 0.15) is 19.8 Å². The second kappa shape index (κ2) is 5.82. The minimum atomic E-state index is -3.81. The molecule has 0 aliphatic carbocycles. The zero-order chi connectivity index (χ0) is 15.8. The van der Waals surface area contributed by atoms with Crippen molar-refractivity contribution in [2.45, 2.75) is 25.8 Å². The van der Waals surface area contributed by atoms with Crippen LogP contribution in [0.4, 0.5) is 0 Å². The number of sulfone groups is 1. The molecule has 2 heterocycles. The van der Waals surface area contributed by atoms with Crippen molar-refractivity contribution >= 4 is 26.0 Å². The van der Waals surface area contributed by atoms with Gasteiger partial charge in [-0.05, 0) is 19.8 Å². The van der Waals surface area contributed by atoms with Crippen LogP contribution in [-0.2, 0) is 24.8 Å². The van der Waals surface area contributed by atoms with Crippen molar-refractivity contribution in [2.75, 3.05) is 31.1 Å². The van der Waals surface area contributed by atoms with E-state index in [1.54, 1.807) is 6.92 Å². The van der Waals surface area contributed by atoms with Crippen LogP contribution in [0.5, 0.6) is 0 Å². The molecule has 122 valence electrons. The van der Waals surface area contributed by atoms with Crippen LogP contribution in [0.2, 0.25) is 0 Å². The molecule has 2 aliphatic rings. The Morgan fingerprint density at radius 3 is 2.52 bits per heavy atom. The standard InChI is InChI=1S/C11H20N2O6S2/c1-9-8-20(16,17)6-5-13(9)21(18,19)12-4-2-3-10(7-12)11(14)15/h9-10H,2-8H2,1H3,(H,14,15). The Morgan fingerprint density at radius 1 is 1.29 bits per heavy atom. The Hall–Kier alpha value is -0.710. The molecule has 0 saturated carbocycles. The van der Waals surface area contributed by atoms with Gasteiger partial charge in [0.15, 0.2) is 9.84 Å². The lowest BCUT2D eigenvalue weighted by atomic mass is 10.0. The summed E-state index contributed by atoms with van der Waals surface area (Å²) < 4.78 is 50.6. The highest BCUT2D eigenvalue weighted by Crippen LogP contribution is 2.24. The van der Waals surface area contributed by atoms with E-state index in [1.165, 1.54) is 8.61 Å². The molecule has 21 heavy (non-hydrogen) atoms. The first-order chi connectivity index (χ1) is 9.63. The molecule has 0 bridgehead atoms. The molecule has 2 unspecified atom stereocenters. The van der Waals surface area contributed by atoms with Crippen molar-refractivity contribution in [1.82, 2.24) is 8.61 Å². The molecule has 2 aliphatic heterocycles. The van der Waals surface area contributed by atoms with Crippen molar-refractivity contribution < 1.29 is 26.7 Å². The fraction of sp³-hybridized carbons (Fsp3) is 0.909. The highest BCUT2D eigenvalue weighted by atomic mass is 32.2. The number of hydrogen-bond acceptors (Lipinski definition) is 5. The average molecular weight is 340 g/mol. The van der Waals surface area contributed by atoms with Gasteiger partial charge in [0.1, 0.15) is 0 Å². The summed E-state index contributed by atoms with van der Waals surface area (Å²) in [6, 6.07) is -0.626. The van der Waals surface area contributed by atoms with E-state index < -0.39 is 38.0 Å². The molecule has 2 rings (SSSR count). The summed E-state index contributed by atoms with van der Waals surface area (Å²) >= 11 is 0. The van der Waals surface area contributed by atoms with Gasteiger partial charge in [0.25, 0.3) is 10.2 Å². The SMILES string of the molecule is CC1CS(=O)(=O)CCN1S(=O)(=O)N1CCCC(C(=O)O)C1. The fourth-order valence-corrected chi connectivity index (χ4v) is 6.47. The number of carboxylic acids is 1. The number of rotatable bonds is 3. The second-order valence-electron chi connectivity index (χ2n) is 5.62. The van der Waals surface area contributed by atoms with Crippen LogP contribution in [-0.4, -0.2) is 73.7 Å². The molecule has 8 nitrogen and oxygen atoms in total. The Balaban J connectivity index is 2.16. The molecule has 10 heteroatoms. The van der Waals surface area contributed by atoms with Gasteiger partial charge in [0, 0.05) is 25.7 Å². The highest BCUT2D eigenvalue weighted by molar-refractivity contribution is 7.91. The van der Waals surface area contributed by atoms with E-state index in [4.69, 9.17) is 5.11 Å². The summed E-state index contributed by atoms with van der Waals surface area (Å²) in [4.78, 5) is 11.0. The van der Waals surface area contributed by atoms with Gasteiger partial charge in [-0.15, -0.1) is 0 Å². The van der Waals surface area contributed by atoms with Gasteiger partial charge in [-0.25, -0.2) is 8.42 Å². The van der Waals surface area contributed by atoms with Crippen molar-refractivity contribution in [3.05, 3.63) is 0 Å². The predicted octanol–water partition coefficient (Wildman–Crippen LogP) is -0.853. The maximum absolute atomic E-state index is 12.6. The Kier molecular flexibility index (Phi) is 4.62. The van der Waals surface area contributed by atoms with Crippen LogP contribution in [0, 0.1) is 5.92 Å². The van der Waals surface area contributed by atoms with E-state index in [9.17, 15) is 21.6 Å². The van der Waals surface area contributed by atoms with E-state index >= 15 is 0 Å². The lowest BCUT2D eigenvalue weighted by Gasteiger charge is -2.38. The number of piperidine rings is 1. The molecule has 1 N–H and O–H groups in total. The van der Waals surface area contributed by atoms with Gasteiger partial charge in [0.05, 0.1) is 17.4 Å². The van der Waals surface area contributed by atoms with Crippen LogP contribution >= 0.6 is 0 Å². The van der Waals surface area contributed by atoms with Crippen LogP contribution in [0.25, 0.3) is 0 Å². The molecular formula is C11H20N2O6S2. The average Bonchev–Trinajstić information content (AvgIpc) is 2.37. The first-order valence-electron chi connectivity index (χ1n) is 6.83. The van der Waals surface area contributed by atoms with Crippen molar-refractivity contribution in [1.29, 1.82) is 0 Å². The Labute approximate surface area is 124 Å². The third-order valence-electron chi connectivity index (χ3n) is 3.97. The summed E-state index contributed by atoms with van der Waals surface area (Å²) in [6.45, 7) is 1.72. The zero-order valence-corrected chi connectivity index (χ0v) is 13.4. The molecule has 0 aromatic heterocycles. The largest absolute Gasteiger partial charge is 0.481 e. The van der Waals surface area contributed by atoms with Crippen LogP contribution < -0.4 is 0 Å². The number of hydrogen-bond donors (Lipinski definition) is 1. The number of carbonyl (C=O) groups is 1. The third-order valence-corrected chi connectivity index (χ3v) is 7.88. The first kappa shape index (κ1) is 16.7. The quantitative estimate of drug-likeness (QED) is 0.716. The molecule has 0 aromatic carbocycles. The molecule has 2 atom stereocenters. The number of aliphatic carboxylic acids is 1. The lowest BCUT2D eigenvalue weighted by molar-refractivity contribution is -0.142. The minimum absolute atomic E-state index is 0.0480. The molecule has 0 aromatic rings. The molecule has 2 saturated heterocycles. The monoisotopic (exact) mass is 340 g/mol. The molecule has 0 radical (unpaired) electrons. The number of nitrogens with zero attached hydrogens (tertiary/aromatic N) is 2. The van der Waals surface area contributed by atoms with E-state index in [1.807, 2.05) is 0 Å². The summed E-state index contributed by atoms with van der Waals surface area (Å²) in [5, 5.41) is 9.04. The maximum Gasteiger partial charge on any atom is 0.307 e. The van der Waals surface area contributed by atoms with Gasteiger partial charge in [-0.1, -0.05) is 0 Å². The van der Waals surface area contributed by atoms with E-state index in [-0.39, 0.29) is 31.1 Å². The van der Waals surface area contributed by atoms with Gasteiger partial charge in [0.2, 0.25) is 0 Å². The zero-order valence-electron chi connectivity index (χ0n) is 11.8. The Bertz CT molecular complexity index is 615. The summed E-state index contributed by atoms with van der Waals surface area (Å²) in [5.74, 6) is -2.07. The topological polar surface area (TPSA) is 112 Å². The Morgan fingerprint density at radius 2 is 1.95 bits per heavy atom. The first-order valence-corrected chi connectivity index (χ1v) is 10.1. The smallest absolute Gasteiger partial charge is 0.307 e. The number of carboxylic acid groups (broad SMARTS) is 1. The van der Waals surface area contributed by atoms with E-state index in [0.717, 1.165) is 0 Å². The summed E-state index contributed by atoms with van der Waals surface area (Å²) in [6.07, 6.45) is 0.960. The summed E-state index contributed by atoms with van der Waals surface area (Å²) in [7, 11) is -7.01. The third kappa shape index (κ3) is 3.55. The normalized spacial score (nSPS) is 31.9. The highest BCUT2D eigenvalue weighted by Gasteiger charge is 2.41. The fourth-order valence-electron chi connectivity index (χ4n) is 2.83. The van der Waals surface area contributed by atoms with Crippen LogP contribution in [0.15, 0.2) is 0 Å². The van der Waals surface area contributed by atoms with Crippen LogP contribution in [0.3, 0.4) is 0 Å². The maximum atomic E-state index is 12.6. The van der Waals surface area contributed by atoms with Gasteiger partial charge in [-0.3, -0.25) is 4.79 Å². The molecular weight excluding hydrogens is 320 g/mol.